The first-order valence-electron chi connectivity index (χ1n) is 5.92. The number of carboxylic acids is 1. The van der Waals surface area contributed by atoms with Gasteiger partial charge in [-0.1, -0.05) is 35.9 Å². The smallest absolute Gasteiger partial charge is 0.305 e. The summed E-state index contributed by atoms with van der Waals surface area (Å²) in [5.74, 6) is -1.12. The van der Waals surface area contributed by atoms with Crippen molar-refractivity contribution in [2.24, 2.45) is 0 Å². The van der Waals surface area contributed by atoms with Crippen LogP contribution in [0.2, 0.25) is 5.02 Å². The van der Waals surface area contributed by atoms with Crippen LogP contribution in [-0.4, -0.2) is 19.5 Å². The van der Waals surface area contributed by atoms with Crippen molar-refractivity contribution in [3.05, 3.63) is 52.4 Å². The summed E-state index contributed by atoms with van der Waals surface area (Å²) in [6.07, 6.45) is -0.395. The maximum atomic E-state index is 12.2. The zero-order chi connectivity index (χ0) is 15.5. The molecule has 0 saturated heterocycles. The number of hydrogen-bond acceptors (Lipinski definition) is 4. The molecule has 0 spiro atoms. The van der Waals surface area contributed by atoms with Gasteiger partial charge in [0.2, 0.25) is 0 Å². The summed E-state index contributed by atoms with van der Waals surface area (Å²) in [7, 11) is -3.78. The maximum absolute atomic E-state index is 12.2. The molecule has 8 heteroatoms. The minimum absolute atomic E-state index is 0.130. The summed E-state index contributed by atoms with van der Waals surface area (Å²) in [5, 5.41) is 10.9. The zero-order valence-corrected chi connectivity index (χ0v) is 13.1. The molecule has 21 heavy (non-hydrogen) atoms. The van der Waals surface area contributed by atoms with Gasteiger partial charge in [-0.2, -0.15) is 0 Å². The van der Waals surface area contributed by atoms with Gasteiger partial charge in [-0.15, -0.1) is 11.3 Å². The molecule has 5 nitrogen and oxygen atoms in total. The second kappa shape index (κ2) is 6.57. The fraction of sp³-hybridized carbons (Fsp3) is 0.154. The molecule has 0 fully saturated rings. The maximum Gasteiger partial charge on any atom is 0.305 e. The Hall–Kier alpha value is -1.41. The fourth-order valence-corrected chi connectivity index (χ4v) is 4.30. The molecule has 112 valence electrons. The molecule has 2 aromatic rings. The number of rotatable bonds is 6. The third-order valence-corrected chi connectivity index (χ3v) is 5.93. The minimum atomic E-state index is -3.78. The second-order valence-corrected chi connectivity index (χ2v) is 7.52. The number of thiophene rings is 1. The molecule has 2 rings (SSSR count). The summed E-state index contributed by atoms with van der Waals surface area (Å²) in [4.78, 5) is 11.0. The van der Waals surface area contributed by atoms with Crippen molar-refractivity contribution < 1.29 is 18.3 Å². The molecule has 0 aliphatic heterocycles. The zero-order valence-electron chi connectivity index (χ0n) is 10.7. The lowest BCUT2D eigenvalue weighted by atomic mass is 10.1. The van der Waals surface area contributed by atoms with Crippen LogP contribution in [-0.2, 0) is 14.8 Å². The van der Waals surface area contributed by atoms with E-state index in [9.17, 15) is 13.2 Å². The third-order valence-electron chi connectivity index (χ3n) is 2.72. The van der Waals surface area contributed by atoms with Gasteiger partial charge in [0.15, 0.2) is 0 Å². The SMILES string of the molecule is O=C(O)C[C@H](NS(=O)(=O)c1cccs1)c1ccccc1Cl. The number of hydrogen-bond donors (Lipinski definition) is 2. The van der Waals surface area contributed by atoms with E-state index in [1.54, 1.807) is 35.7 Å². The van der Waals surface area contributed by atoms with E-state index in [1.165, 1.54) is 6.07 Å². The van der Waals surface area contributed by atoms with Crippen molar-refractivity contribution in [3.63, 3.8) is 0 Å². The Labute approximate surface area is 131 Å². The lowest BCUT2D eigenvalue weighted by Crippen LogP contribution is -2.30. The van der Waals surface area contributed by atoms with Gasteiger partial charge in [0.05, 0.1) is 12.5 Å². The number of nitrogens with one attached hydrogen (secondary N) is 1. The molecule has 0 amide bonds. The van der Waals surface area contributed by atoms with Gasteiger partial charge in [-0.05, 0) is 23.1 Å². The van der Waals surface area contributed by atoms with Gasteiger partial charge < -0.3 is 5.11 Å². The molecule has 1 aromatic carbocycles. The Kier molecular flexibility index (Phi) is 5.00. The van der Waals surface area contributed by atoms with Gasteiger partial charge in [0, 0.05) is 5.02 Å². The molecular formula is C13H12ClNO4S2. The highest BCUT2D eigenvalue weighted by Gasteiger charge is 2.25. The molecule has 0 unspecified atom stereocenters. The Bertz CT molecular complexity index is 728. The van der Waals surface area contributed by atoms with E-state index in [-0.39, 0.29) is 4.21 Å². The minimum Gasteiger partial charge on any atom is -0.481 e. The first-order chi connectivity index (χ1) is 9.90. The predicted octanol–water partition coefficient (Wildman–Crippen LogP) is 2.90. The van der Waals surface area contributed by atoms with E-state index in [1.807, 2.05) is 0 Å². The van der Waals surface area contributed by atoms with E-state index in [4.69, 9.17) is 16.7 Å². The summed E-state index contributed by atoms with van der Waals surface area (Å²) >= 11 is 7.09. The number of carboxylic acid groups (broad SMARTS) is 1. The molecule has 0 saturated carbocycles. The first-order valence-corrected chi connectivity index (χ1v) is 8.66. The van der Waals surface area contributed by atoms with Crippen LogP contribution in [0.5, 0.6) is 0 Å². The van der Waals surface area contributed by atoms with Gasteiger partial charge in [0.25, 0.3) is 10.0 Å². The van der Waals surface area contributed by atoms with E-state index in [0.717, 1.165) is 11.3 Å². The Morgan fingerprint density at radius 2 is 2.00 bits per heavy atom. The molecule has 0 radical (unpaired) electrons. The van der Waals surface area contributed by atoms with Crippen LogP contribution >= 0.6 is 22.9 Å². The lowest BCUT2D eigenvalue weighted by Gasteiger charge is -2.18. The van der Waals surface area contributed by atoms with Crippen molar-refractivity contribution in [1.29, 1.82) is 0 Å². The molecule has 0 aliphatic rings. The van der Waals surface area contributed by atoms with Crippen LogP contribution in [0.25, 0.3) is 0 Å². The Balaban J connectivity index is 2.34. The largest absolute Gasteiger partial charge is 0.481 e. The second-order valence-electron chi connectivity index (χ2n) is 4.23. The molecule has 1 aromatic heterocycles. The van der Waals surface area contributed by atoms with E-state index in [2.05, 4.69) is 4.72 Å². The van der Waals surface area contributed by atoms with Crippen molar-refractivity contribution in [2.45, 2.75) is 16.7 Å². The number of halogens is 1. The lowest BCUT2D eigenvalue weighted by molar-refractivity contribution is -0.137. The number of benzene rings is 1. The Morgan fingerprint density at radius 3 is 2.57 bits per heavy atom. The summed E-state index contributed by atoms with van der Waals surface area (Å²) in [5.41, 5.74) is 0.432. The van der Waals surface area contributed by atoms with Crippen LogP contribution in [0.4, 0.5) is 0 Å². The van der Waals surface area contributed by atoms with Crippen molar-refractivity contribution in [3.8, 4) is 0 Å². The predicted molar refractivity (Wildman–Crippen MR) is 81.1 cm³/mol. The molecule has 0 bridgehead atoms. The van der Waals surface area contributed by atoms with Crippen LogP contribution in [0, 0.1) is 0 Å². The summed E-state index contributed by atoms with van der Waals surface area (Å²) in [6.45, 7) is 0. The highest BCUT2D eigenvalue weighted by atomic mass is 35.5. The topological polar surface area (TPSA) is 83.5 Å². The highest BCUT2D eigenvalue weighted by molar-refractivity contribution is 7.91. The van der Waals surface area contributed by atoms with E-state index < -0.39 is 28.5 Å². The molecule has 2 N–H and O–H groups in total. The van der Waals surface area contributed by atoms with Crippen molar-refractivity contribution in [1.82, 2.24) is 4.72 Å². The average Bonchev–Trinajstić information content (AvgIpc) is 2.92. The van der Waals surface area contributed by atoms with Gasteiger partial charge in [-0.25, -0.2) is 13.1 Å². The number of aliphatic carboxylic acids is 1. The molecule has 1 atom stereocenters. The van der Waals surface area contributed by atoms with Crippen molar-refractivity contribution in [2.75, 3.05) is 0 Å². The number of carbonyl (C=O) groups is 1. The van der Waals surface area contributed by atoms with Crippen LogP contribution in [0.1, 0.15) is 18.0 Å². The van der Waals surface area contributed by atoms with Crippen LogP contribution in [0.15, 0.2) is 46.0 Å². The van der Waals surface area contributed by atoms with Gasteiger partial charge in [0.1, 0.15) is 4.21 Å². The highest BCUT2D eigenvalue weighted by Crippen LogP contribution is 2.27. The Morgan fingerprint density at radius 1 is 1.29 bits per heavy atom. The van der Waals surface area contributed by atoms with Crippen molar-refractivity contribution >= 4 is 38.9 Å². The third kappa shape index (κ3) is 4.04. The standard InChI is InChI=1S/C13H12ClNO4S2/c14-10-5-2-1-4-9(10)11(8-12(16)17)15-21(18,19)13-6-3-7-20-13/h1-7,11,15H,8H2,(H,16,17)/t11-/m0/s1. The quantitative estimate of drug-likeness (QED) is 0.843. The van der Waals surface area contributed by atoms with E-state index >= 15 is 0 Å². The van der Waals surface area contributed by atoms with E-state index in [0.29, 0.717) is 10.6 Å². The molecule has 0 aliphatic carbocycles. The first kappa shape index (κ1) is 16.0. The molecular weight excluding hydrogens is 334 g/mol. The number of sulfonamides is 1. The summed E-state index contributed by atoms with van der Waals surface area (Å²) < 4.78 is 27.0. The van der Waals surface area contributed by atoms with Crippen LogP contribution in [0.3, 0.4) is 0 Å². The molecule has 1 heterocycles. The average molecular weight is 346 g/mol. The monoisotopic (exact) mass is 345 g/mol. The normalized spacial score (nSPS) is 13.0. The fourth-order valence-electron chi connectivity index (χ4n) is 1.81. The van der Waals surface area contributed by atoms with Gasteiger partial charge in [-0.3, -0.25) is 4.79 Å². The van der Waals surface area contributed by atoms with Crippen LogP contribution < -0.4 is 4.72 Å². The van der Waals surface area contributed by atoms with Gasteiger partial charge >= 0.3 is 5.97 Å². The summed E-state index contributed by atoms with van der Waals surface area (Å²) in [6, 6.07) is 8.70.